The molecule has 0 aromatic heterocycles. The predicted octanol–water partition coefficient (Wildman–Crippen LogP) is 12.8. The van der Waals surface area contributed by atoms with Crippen molar-refractivity contribution < 1.29 is 9.59 Å². The van der Waals surface area contributed by atoms with Crippen molar-refractivity contribution in [3.8, 4) is 0 Å². The predicted molar refractivity (Wildman–Crippen MR) is 196 cm³/mol. The number of nitrogens with zero attached hydrogens (tertiary/aromatic N) is 1. The lowest BCUT2D eigenvalue weighted by atomic mass is 9.89. The minimum Gasteiger partial charge on any atom is -0.309 e. The molecule has 0 N–H and O–H groups in total. The number of Topliss-reactive ketones (excluding diaryl/α,β-unsaturated/α-hetero) is 2. The van der Waals surface area contributed by atoms with Crippen molar-refractivity contribution in [2.45, 2.75) is 200 Å². The molecular formula is C41H77NO2. The van der Waals surface area contributed by atoms with Crippen LogP contribution < -0.4 is 0 Å². The first-order valence-corrected chi connectivity index (χ1v) is 19.5. The second-order valence-electron chi connectivity index (χ2n) is 13.7. The summed E-state index contributed by atoms with van der Waals surface area (Å²) in [7, 11) is 4.05. The molecule has 0 aromatic carbocycles. The van der Waals surface area contributed by atoms with Crippen molar-refractivity contribution in [3.63, 3.8) is 0 Å². The Hall–Kier alpha value is -1.22. The van der Waals surface area contributed by atoms with Gasteiger partial charge in [-0.15, -0.1) is 0 Å². The first-order chi connectivity index (χ1) is 21.5. The van der Waals surface area contributed by atoms with E-state index in [1.165, 1.54) is 141 Å². The maximum atomic E-state index is 13.0. The van der Waals surface area contributed by atoms with Gasteiger partial charge in [0.2, 0.25) is 0 Å². The zero-order valence-corrected chi connectivity index (χ0v) is 30.4. The molecule has 0 saturated carbocycles. The fraction of sp³-hybridized carbons (Fsp3) is 0.854. The molecule has 44 heavy (non-hydrogen) atoms. The van der Waals surface area contributed by atoms with Crippen LogP contribution in [0.5, 0.6) is 0 Å². The number of rotatable bonds is 35. The molecule has 0 atom stereocenters. The maximum Gasteiger partial charge on any atom is 0.143 e. The highest BCUT2D eigenvalue weighted by Crippen LogP contribution is 2.18. The molecule has 0 radical (unpaired) electrons. The Balaban J connectivity index is 3.93. The molecule has 3 nitrogen and oxygen atoms in total. The summed E-state index contributed by atoms with van der Waals surface area (Å²) in [5, 5.41) is 0. The zero-order valence-electron chi connectivity index (χ0n) is 30.4. The second-order valence-corrected chi connectivity index (χ2v) is 13.7. The topological polar surface area (TPSA) is 37.4 Å². The number of hydrogen-bond acceptors (Lipinski definition) is 3. The summed E-state index contributed by atoms with van der Waals surface area (Å²) in [6.07, 6.45) is 44.1. The van der Waals surface area contributed by atoms with Crippen LogP contribution in [0.2, 0.25) is 0 Å². The van der Waals surface area contributed by atoms with Crippen LogP contribution in [0, 0.1) is 5.92 Å². The second kappa shape index (κ2) is 34.6. The molecule has 0 unspecified atom stereocenters. The maximum absolute atomic E-state index is 13.0. The third kappa shape index (κ3) is 30.8. The lowest BCUT2D eigenvalue weighted by Gasteiger charge is -2.17. The molecule has 0 spiro atoms. The van der Waals surface area contributed by atoms with Crippen LogP contribution in [0.25, 0.3) is 0 Å². The van der Waals surface area contributed by atoms with E-state index >= 15 is 0 Å². The van der Waals surface area contributed by atoms with Gasteiger partial charge in [0.15, 0.2) is 0 Å². The molecule has 0 saturated heterocycles. The van der Waals surface area contributed by atoms with E-state index in [0.29, 0.717) is 19.3 Å². The van der Waals surface area contributed by atoms with Gasteiger partial charge in [0.1, 0.15) is 11.6 Å². The highest BCUT2D eigenvalue weighted by molar-refractivity contribution is 6.02. The molecule has 0 rings (SSSR count). The van der Waals surface area contributed by atoms with Crippen molar-refractivity contribution in [3.05, 3.63) is 24.3 Å². The van der Waals surface area contributed by atoms with E-state index in [9.17, 15) is 9.59 Å². The molecule has 0 aromatic rings. The van der Waals surface area contributed by atoms with Crippen molar-refractivity contribution in [2.75, 3.05) is 20.6 Å². The normalized spacial score (nSPS) is 12.0. The summed E-state index contributed by atoms with van der Waals surface area (Å²) in [5.41, 5.74) is 0. The average Bonchev–Trinajstić information content (AvgIpc) is 3.01. The number of hydrogen-bond donors (Lipinski definition) is 0. The number of allylic oxidation sites excluding steroid dienone is 4. The van der Waals surface area contributed by atoms with Gasteiger partial charge < -0.3 is 4.90 Å². The van der Waals surface area contributed by atoms with E-state index < -0.39 is 0 Å². The average molecular weight is 616 g/mol. The smallest absolute Gasteiger partial charge is 0.143 e. The van der Waals surface area contributed by atoms with Crippen LogP contribution in [0.1, 0.15) is 200 Å². The monoisotopic (exact) mass is 616 g/mol. The highest BCUT2D eigenvalue weighted by atomic mass is 16.1. The molecule has 0 aliphatic heterocycles. The summed E-state index contributed by atoms with van der Waals surface area (Å²) in [5.74, 6) is 0.00964. The first kappa shape index (κ1) is 42.8. The standard InChI is InChI=1S/C41H77NO2/c1-5-7-9-11-13-15-17-19-21-23-25-27-29-31-33-35-40(43)39(37-38-42(3)4)41(44)36-34-32-30-28-26-24-22-20-18-16-14-12-10-8-6-2/h19-22,39H,5-18,23-38H2,1-4H3/b21-19-,22-20-. The quantitative estimate of drug-likeness (QED) is 0.0404. The van der Waals surface area contributed by atoms with E-state index in [0.717, 1.165) is 32.2 Å². The van der Waals surface area contributed by atoms with Crippen molar-refractivity contribution in [1.82, 2.24) is 4.90 Å². The fourth-order valence-electron chi connectivity index (χ4n) is 5.98. The Morgan fingerprint density at radius 2 is 0.750 bits per heavy atom. The minimum atomic E-state index is -0.383. The van der Waals surface area contributed by atoms with E-state index in [1.807, 2.05) is 14.1 Å². The molecule has 0 aliphatic rings. The molecule has 0 fully saturated rings. The van der Waals surface area contributed by atoms with E-state index in [1.54, 1.807) is 0 Å². The Kier molecular flexibility index (Phi) is 33.7. The summed E-state index contributed by atoms with van der Waals surface area (Å²) < 4.78 is 0. The van der Waals surface area contributed by atoms with Gasteiger partial charge in [-0.25, -0.2) is 0 Å². The summed E-state index contributed by atoms with van der Waals surface area (Å²) in [6.45, 7) is 5.35. The van der Waals surface area contributed by atoms with Gasteiger partial charge in [-0.2, -0.15) is 0 Å². The molecular weight excluding hydrogens is 538 g/mol. The Labute approximate surface area is 276 Å². The Bertz CT molecular complexity index is 628. The van der Waals surface area contributed by atoms with Crippen LogP contribution in [-0.4, -0.2) is 37.1 Å². The largest absolute Gasteiger partial charge is 0.309 e. The lowest BCUT2D eigenvalue weighted by Crippen LogP contribution is -2.28. The number of carbonyl (C=O) groups excluding carboxylic acids is 2. The summed E-state index contributed by atoms with van der Waals surface area (Å²) in [6, 6.07) is 0. The van der Waals surface area contributed by atoms with Crippen molar-refractivity contribution >= 4 is 11.6 Å². The summed E-state index contributed by atoms with van der Waals surface area (Å²) in [4.78, 5) is 28.2. The molecule has 3 heteroatoms. The van der Waals surface area contributed by atoms with Crippen LogP contribution >= 0.6 is 0 Å². The van der Waals surface area contributed by atoms with Gasteiger partial charge in [-0.05, 0) is 91.3 Å². The van der Waals surface area contributed by atoms with Gasteiger partial charge in [-0.3, -0.25) is 9.59 Å². The van der Waals surface area contributed by atoms with E-state index in [4.69, 9.17) is 0 Å². The Morgan fingerprint density at radius 1 is 0.455 bits per heavy atom. The van der Waals surface area contributed by atoms with Gasteiger partial charge in [0.05, 0.1) is 5.92 Å². The van der Waals surface area contributed by atoms with Crippen LogP contribution in [0.15, 0.2) is 24.3 Å². The minimum absolute atomic E-state index is 0.197. The molecule has 0 aliphatic carbocycles. The van der Waals surface area contributed by atoms with Gasteiger partial charge >= 0.3 is 0 Å². The van der Waals surface area contributed by atoms with Crippen LogP contribution in [-0.2, 0) is 9.59 Å². The van der Waals surface area contributed by atoms with Crippen molar-refractivity contribution in [1.29, 1.82) is 0 Å². The van der Waals surface area contributed by atoms with E-state index in [2.05, 4.69) is 43.1 Å². The van der Waals surface area contributed by atoms with E-state index in [-0.39, 0.29) is 17.5 Å². The lowest BCUT2D eigenvalue weighted by molar-refractivity contribution is -0.133. The summed E-state index contributed by atoms with van der Waals surface area (Å²) >= 11 is 0. The highest BCUT2D eigenvalue weighted by Gasteiger charge is 2.25. The van der Waals surface area contributed by atoms with Crippen molar-refractivity contribution in [2.24, 2.45) is 5.92 Å². The molecule has 0 bridgehead atoms. The number of ketones is 2. The van der Waals surface area contributed by atoms with Crippen LogP contribution in [0.4, 0.5) is 0 Å². The SMILES string of the molecule is CCCCCCCC/C=C\CCCCCCCC(=O)C(CCN(C)C)C(=O)CCCCCCC/C=C\CCCCCCCC. The molecule has 0 amide bonds. The number of unbranched alkanes of at least 4 members (excludes halogenated alkanes) is 22. The Morgan fingerprint density at radius 3 is 1.07 bits per heavy atom. The number of carbonyl (C=O) groups is 2. The van der Waals surface area contributed by atoms with Gasteiger partial charge in [-0.1, -0.05) is 141 Å². The first-order valence-electron chi connectivity index (χ1n) is 19.5. The molecule has 258 valence electrons. The van der Waals surface area contributed by atoms with Crippen LogP contribution in [0.3, 0.4) is 0 Å². The third-order valence-electron chi connectivity index (χ3n) is 9.01. The van der Waals surface area contributed by atoms with Gasteiger partial charge in [0, 0.05) is 12.8 Å². The van der Waals surface area contributed by atoms with Gasteiger partial charge in [0.25, 0.3) is 0 Å². The fourth-order valence-corrected chi connectivity index (χ4v) is 5.98. The molecule has 0 heterocycles. The third-order valence-corrected chi connectivity index (χ3v) is 9.01. The zero-order chi connectivity index (χ0) is 32.4.